The molecule has 0 heterocycles. The summed E-state index contributed by atoms with van der Waals surface area (Å²) in [4.78, 5) is 2.26. The van der Waals surface area contributed by atoms with Gasteiger partial charge in [0.25, 0.3) is 0 Å². The Morgan fingerprint density at radius 3 is 2.44 bits per heavy atom. The number of hydrogen-bond acceptors (Lipinski definition) is 3. The lowest BCUT2D eigenvalue weighted by Crippen LogP contribution is -2.23. The largest absolute Gasteiger partial charge is 0.364 e. The molecule has 0 aliphatic rings. The molecule has 0 spiro atoms. The topological polar surface area (TPSA) is 36.3 Å². The van der Waals surface area contributed by atoms with Gasteiger partial charge in [-0.25, -0.2) is 0 Å². The second kappa shape index (κ2) is 10.5. The van der Waals surface area contributed by atoms with Crippen LogP contribution in [-0.2, 0) is 4.74 Å². The Morgan fingerprint density at radius 1 is 1.25 bits per heavy atom. The molecule has 1 atom stereocenters. The second-order valence-corrected chi connectivity index (χ2v) is 3.46. The number of ether oxygens (including phenoxy) is 1. The summed E-state index contributed by atoms with van der Waals surface area (Å²) in [6.45, 7) is 9.63. The van der Waals surface area contributed by atoms with Gasteiger partial charge in [0.1, 0.15) is 6.10 Å². The maximum atomic E-state index is 8.39. The standard InChI is InChI=1S/C13H22N2O/c1-4-13(16-12-8-10-14)9-7-11-15(5-2)6-3/h13H,4-6,8,11-12H2,1-3H3. The number of hydrogen-bond donors (Lipinski definition) is 0. The Morgan fingerprint density at radius 2 is 1.94 bits per heavy atom. The third kappa shape index (κ3) is 7.29. The third-order valence-corrected chi connectivity index (χ3v) is 2.36. The van der Waals surface area contributed by atoms with Crippen LogP contribution < -0.4 is 0 Å². The fourth-order valence-corrected chi connectivity index (χ4v) is 1.23. The zero-order valence-electron chi connectivity index (χ0n) is 10.6. The summed E-state index contributed by atoms with van der Waals surface area (Å²) in [7, 11) is 0. The number of nitriles is 1. The SMILES string of the molecule is CCC(C#CCN(CC)CC)OCCC#N. The molecule has 0 amide bonds. The van der Waals surface area contributed by atoms with E-state index in [0.29, 0.717) is 13.0 Å². The molecule has 0 aromatic rings. The number of nitrogens with zero attached hydrogens (tertiary/aromatic N) is 2. The molecule has 0 fully saturated rings. The Bertz CT molecular complexity index is 255. The molecule has 0 aromatic heterocycles. The van der Waals surface area contributed by atoms with Crippen molar-refractivity contribution in [3.63, 3.8) is 0 Å². The van der Waals surface area contributed by atoms with E-state index in [-0.39, 0.29) is 6.10 Å². The molecule has 0 rings (SSSR count). The normalized spacial score (nSPS) is 11.7. The summed E-state index contributed by atoms with van der Waals surface area (Å²) in [6.07, 6.45) is 1.29. The summed E-state index contributed by atoms with van der Waals surface area (Å²) in [5.41, 5.74) is 0. The molecule has 1 unspecified atom stereocenters. The van der Waals surface area contributed by atoms with Crippen molar-refractivity contribution in [1.82, 2.24) is 4.90 Å². The molecule has 0 saturated carbocycles. The predicted octanol–water partition coefficient (Wildman–Crippen LogP) is 2.04. The van der Waals surface area contributed by atoms with Gasteiger partial charge in [0.2, 0.25) is 0 Å². The molecule has 16 heavy (non-hydrogen) atoms. The summed E-state index contributed by atoms with van der Waals surface area (Å²) in [6, 6.07) is 2.06. The highest BCUT2D eigenvalue weighted by Crippen LogP contribution is 1.97. The van der Waals surface area contributed by atoms with E-state index in [1.807, 2.05) is 6.92 Å². The van der Waals surface area contributed by atoms with E-state index in [1.54, 1.807) is 0 Å². The molecule has 0 radical (unpaired) electrons. The summed E-state index contributed by atoms with van der Waals surface area (Å²) in [5, 5.41) is 8.39. The van der Waals surface area contributed by atoms with Crippen LogP contribution in [-0.4, -0.2) is 37.2 Å². The van der Waals surface area contributed by atoms with E-state index >= 15 is 0 Å². The average Bonchev–Trinajstić information content (AvgIpc) is 2.32. The van der Waals surface area contributed by atoms with Crippen LogP contribution in [0.4, 0.5) is 0 Å². The van der Waals surface area contributed by atoms with Crippen LogP contribution in [0.1, 0.15) is 33.6 Å². The minimum Gasteiger partial charge on any atom is -0.364 e. The average molecular weight is 222 g/mol. The third-order valence-electron chi connectivity index (χ3n) is 2.36. The summed E-state index contributed by atoms with van der Waals surface area (Å²) in [5.74, 6) is 6.24. The first-order valence-electron chi connectivity index (χ1n) is 5.97. The van der Waals surface area contributed by atoms with Gasteiger partial charge in [0.05, 0.1) is 25.6 Å². The van der Waals surface area contributed by atoms with E-state index < -0.39 is 0 Å². The Balaban J connectivity index is 3.91. The molecule has 0 N–H and O–H groups in total. The Labute approximate surface area is 99.4 Å². The van der Waals surface area contributed by atoms with Gasteiger partial charge in [-0.15, -0.1) is 0 Å². The first-order valence-corrected chi connectivity index (χ1v) is 5.97. The predicted molar refractivity (Wildman–Crippen MR) is 65.8 cm³/mol. The molecule has 0 aliphatic carbocycles. The van der Waals surface area contributed by atoms with Crippen molar-refractivity contribution in [2.45, 2.75) is 39.7 Å². The zero-order chi connectivity index (χ0) is 12.2. The van der Waals surface area contributed by atoms with Crippen molar-refractivity contribution in [3.8, 4) is 17.9 Å². The number of rotatable bonds is 7. The van der Waals surface area contributed by atoms with Crippen LogP contribution in [0.2, 0.25) is 0 Å². The van der Waals surface area contributed by atoms with Crippen molar-refractivity contribution < 1.29 is 4.74 Å². The smallest absolute Gasteiger partial charge is 0.118 e. The highest BCUT2D eigenvalue weighted by molar-refractivity contribution is 5.06. The fourth-order valence-electron chi connectivity index (χ4n) is 1.23. The van der Waals surface area contributed by atoms with Crippen LogP contribution in [0.3, 0.4) is 0 Å². The molecule has 0 saturated heterocycles. The van der Waals surface area contributed by atoms with Crippen molar-refractivity contribution >= 4 is 0 Å². The van der Waals surface area contributed by atoms with Gasteiger partial charge in [-0.1, -0.05) is 32.6 Å². The van der Waals surface area contributed by atoms with Gasteiger partial charge in [-0.2, -0.15) is 5.26 Å². The first kappa shape index (κ1) is 15.0. The van der Waals surface area contributed by atoms with Gasteiger partial charge in [-0.05, 0) is 19.5 Å². The van der Waals surface area contributed by atoms with Crippen molar-refractivity contribution in [2.24, 2.45) is 0 Å². The van der Waals surface area contributed by atoms with E-state index in [2.05, 4.69) is 36.7 Å². The molecule has 90 valence electrons. The molecule has 3 heteroatoms. The fraction of sp³-hybridized carbons (Fsp3) is 0.769. The molecule has 0 aliphatic heterocycles. The van der Waals surface area contributed by atoms with Gasteiger partial charge in [-0.3, -0.25) is 4.90 Å². The van der Waals surface area contributed by atoms with Gasteiger partial charge in [0.15, 0.2) is 0 Å². The van der Waals surface area contributed by atoms with Gasteiger partial charge >= 0.3 is 0 Å². The Hall–Kier alpha value is -1.03. The molecule has 0 aromatic carbocycles. The van der Waals surface area contributed by atoms with Gasteiger partial charge in [0, 0.05) is 0 Å². The summed E-state index contributed by atoms with van der Waals surface area (Å²) < 4.78 is 5.47. The van der Waals surface area contributed by atoms with Crippen LogP contribution in [0.15, 0.2) is 0 Å². The lowest BCUT2D eigenvalue weighted by atomic mass is 10.3. The van der Waals surface area contributed by atoms with Crippen LogP contribution in [0.25, 0.3) is 0 Å². The second-order valence-electron chi connectivity index (χ2n) is 3.46. The zero-order valence-corrected chi connectivity index (χ0v) is 10.6. The lowest BCUT2D eigenvalue weighted by Gasteiger charge is -2.14. The lowest BCUT2D eigenvalue weighted by molar-refractivity contribution is 0.0935. The van der Waals surface area contributed by atoms with Crippen LogP contribution in [0, 0.1) is 23.2 Å². The molecule has 3 nitrogen and oxygen atoms in total. The maximum Gasteiger partial charge on any atom is 0.118 e. The first-order chi connectivity index (χ1) is 7.78. The molecular formula is C13H22N2O. The quantitative estimate of drug-likeness (QED) is 0.488. The Kier molecular flexibility index (Phi) is 9.81. The highest BCUT2D eigenvalue weighted by Gasteiger charge is 2.01. The molecule has 0 bridgehead atoms. The monoisotopic (exact) mass is 222 g/mol. The van der Waals surface area contributed by atoms with E-state index in [9.17, 15) is 0 Å². The minimum absolute atomic E-state index is 0.0242. The van der Waals surface area contributed by atoms with Crippen LogP contribution in [0.5, 0.6) is 0 Å². The van der Waals surface area contributed by atoms with E-state index in [4.69, 9.17) is 10.00 Å². The summed E-state index contributed by atoms with van der Waals surface area (Å²) >= 11 is 0. The highest BCUT2D eigenvalue weighted by atomic mass is 16.5. The van der Waals surface area contributed by atoms with E-state index in [0.717, 1.165) is 26.1 Å². The van der Waals surface area contributed by atoms with Crippen molar-refractivity contribution in [3.05, 3.63) is 0 Å². The van der Waals surface area contributed by atoms with Crippen molar-refractivity contribution in [1.29, 1.82) is 5.26 Å². The minimum atomic E-state index is -0.0242. The van der Waals surface area contributed by atoms with E-state index in [1.165, 1.54) is 0 Å². The van der Waals surface area contributed by atoms with Gasteiger partial charge < -0.3 is 4.74 Å². The van der Waals surface area contributed by atoms with Crippen LogP contribution >= 0.6 is 0 Å². The van der Waals surface area contributed by atoms with Crippen molar-refractivity contribution in [2.75, 3.05) is 26.2 Å². The molecular weight excluding hydrogens is 200 g/mol. The maximum absolute atomic E-state index is 8.39.